The molecule has 108 valence electrons. The summed E-state index contributed by atoms with van der Waals surface area (Å²) in [4.78, 5) is 0. The molecular weight excluding hydrogens is 268 g/mol. The second kappa shape index (κ2) is 5.37. The monoisotopic (exact) mass is 284 g/mol. The minimum Gasteiger partial charge on any atom is -0.468 e. The van der Waals surface area contributed by atoms with Crippen LogP contribution in [0.5, 0.6) is 5.88 Å². The summed E-state index contributed by atoms with van der Waals surface area (Å²) < 4.78 is 11.0. The van der Waals surface area contributed by atoms with Crippen LogP contribution < -0.4 is 10.5 Å². The van der Waals surface area contributed by atoms with Crippen LogP contribution >= 0.6 is 0 Å². The third-order valence-corrected chi connectivity index (χ3v) is 3.63. The Labute approximate surface area is 122 Å². The van der Waals surface area contributed by atoms with Gasteiger partial charge in [-0.3, -0.25) is 5.10 Å². The highest BCUT2D eigenvalue weighted by Gasteiger charge is 2.36. The molecule has 1 atom stereocenters. The van der Waals surface area contributed by atoms with E-state index in [0.717, 1.165) is 30.5 Å². The number of hydrogen-bond acceptors (Lipinski definition) is 5. The molecule has 1 aliphatic rings. The number of aromatic amines is 1. The number of unbranched alkanes of at least 4 members (excludes halogenated alkanes) is 1. The van der Waals surface area contributed by atoms with E-state index in [4.69, 9.17) is 14.9 Å². The Balaban J connectivity index is 2.12. The van der Waals surface area contributed by atoms with Crippen molar-refractivity contribution in [2.75, 3.05) is 0 Å². The molecule has 0 spiro atoms. The van der Waals surface area contributed by atoms with Crippen molar-refractivity contribution < 1.29 is 9.15 Å². The molecule has 2 aromatic rings. The molecule has 21 heavy (non-hydrogen) atoms. The summed E-state index contributed by atoms with van der Waals surface area (Å²) in [6.07, 6.45) is 4.53. The SMILES string of the molecule is CCCCc1[nH]nc2c1C(c1ccco1)C(C#N)=C(N)O2. The van der Waals surface area contributed by atoms with Gasteiger partial charge in [0.15, 0.2) is 0 Å². The van der Waals surface area contributed by atoms with Crippen molar-refractivity contribution in [2.45, 2.75) is 32.1 Å². The molecule has 3 rings (SSSR count). The quantitative estimate of drug-likeness (QED) is 0.898. The fraction of sp³-hybridized carbons (Fsp3) is 0.333. The van der Waals surface area contributed by atoms with Gasteiger partial charge in [0.05, 0.1) is 17.7 Å². The number of nitrogens with one attached hydrogen (secondary N) is 1. The van der Waals surface area contributed by atoms with Crippen LogP contribution in [-0.4, -0.2) is 10.2 Å². The number of rotatable bonds is 4. The second-order valence-electron chi connectivity index (χ2n) is 4.96. The van der Waals surface area contributed by atoms with Crippen molar-refractivity contribution >= 4 is 0 Å². The first kappa shape index (κ1) is 13.3. The summed E-state index contributed by atoms with van der Waals surface area (Å²) in [7, 11) is 0. The highest BCUT2D eigenvalue weighted by atomic mass is 16.5. The van der Waals surface area contributed by atoms with Gasteiger partial charge in [-0.1, -0.05) is 13.3 Å². The molecule has 2 aromatic heterocycles. The first-order valence-electron chi connectivity index (χ1n) is 6.94. The van der Waals surface area contributed by atoms with Crippen LogP contribution in [0.25, 0.3) is 0 Å². The lowest BCUT2D eigenvalue weighted by molar-refractivity contribution is 0.370. The van der Waals surface area contributed by atoms with E-state index in [1.54, 1.807) is 12.3 Å². The van der Waals surface area contributed by atoms with E-state index in [1.807, 2.05) is 6.07 Å². The highest BCUT2D eigenvalue weighted by molar-refractivity contribution is 5.53. The van der Waals surface area contributed by atoms with Crippen molar-refractivity contribution in [2.24, 2.45) is 5.73 Å². The predicted octanol–water partition coefficient (Wildman–Crippen LogP) is 2.56. The first-order valence-corrected chi connectivity index (χ1v) is 6.94. The number of H-pyrrole nitrogens is 1. The van der Waals surface area contributed by atoms with E-state index < -0.39 is 0 Å². The van der Waals surface area contributed by atoms with E-state index in [2.05, 4.69) is 23.2 Å². The van der Waals surface area contributed by atoms with Crippen LogP contribution in [0.1, 0.15) is 42.7 Å². The van der Waals surface area contributed by atoms with Crippen molar-refractivity contribution in [3.8, 4) is 11.9 Å². The Kier molecular flexibility index (Phi) is 3.40. The predicted molar refractivity (Wildman–Crippen MR) is 75.2 cm³/mol. The van der Waals surface area contributed by atoms with E-state index >= 15 is 0 Å². The molecular formula is C15H16N4O2. The van der Waals surface area contributed by atoms with Crippen LogP contribution in [0.15, 0.2) is 34.3 Å². The maximum absolute atomic E-state index is 9.42. The van der Waals surface area contributed by atoms with Gasteiger partial charge in [-0.15, -0.1) is 5.10 Å². The Morgan fingerprint density at radius 1 is 1.52 bits per heavy atom. The normalized spacial score (nSPS) is 17.2. The number of hydrogen-bond donors (Lipinski definition) is 2. The van der Waals surface area contributed by atoms with Gasteiger partial charge in [0.25, 0.3) is 0 Å². The van der Waals surface area contributed by atoms with Crippen LogP contribution in [0, 0.1) is 11.3 Å². The number of ether oxygens (including phenoxy) is 1. The van der Waals surface area contributed by atoms with Crippen LogP contribution in [-0.2, 0) is 6.42 Å². The molecule has 0 aliphatic carbocycles. The molecule has 6 nitrogen and oxygen atoms in total. The Bertz CT molecular complexity index is 707. The molecule has 6 heteroatoms. The molecule has 0 fully saturated rings. The third kappa shape index (κ3) is 2.17. The molecule has 0 saturated carbocycles. The van der Waals surface area contributed by atoms with E-state index in [9.17, 15) is 5.26 Å². The average molecular weight is 284 g/mol. The first-order chi connectivity index (χ1) is 10.3. The summed E-state index contributed by atoms with van der Waals surface area (Å²) in [5.41, 5.74) is 8.02. The van der Waals surface area contributed by atoms with E-state index in [1.165, 1.54) is 0 Å². The molecule has 0 radical (unpaired) electrons. The van der Waals surface area contributed by atoms with Crippen LogP contribution in [0.2, 0.25) is 0 Å². The number of nitriles is 1. The maximum atomic E-state index is 9.42. The molecule has 0 bridgehead atoms. The zero-order valence-electron chi connectivity index (χ0n) is 11.7. The highest BCUT2D eigenvalue weighted by Crippen LogP contribution is 2.43. The molecule has 3 N–H and O–H groups in total. The Morgan fingerprint density at radius 3 is 3.05 bits per heavy atom. The van der Waals surface area contributed by atoms with Gasteiger partial charge in [-0.25, -0.2) is 0 Å². The van der Waals surface area contributed by atoms with Gasteiger partial charge in [0.2, 0.25) is 11.8 Å². The smallest absolute Gasteiger partial charge is 0.244 e. The molecule has 0 aromatic carbocycles. The topological polar surface area (TPSA) is 101 Å². The minimum atomic E-state index is -0.362. The summed E-state index contributed by atoms with van der Waals surface area (Å²) in [6.45, 7) is 2.13. The number of allylic oxidation sites excluding steroid dienone is 1. The second-order valence-corrected chi connectivity index (χ2v) is 4.96. The number of fused-ring (bicyclic) bond motifs is 1. The molecule has 0 amide bonds. The van der Waals surface area contributed by atoms with Crippen molar-refractivity contribution in [1.82, 2.24) is 10.2 Å². The largest absolute Gasteiger partial charge is 0.468 e. The summed E-state index contributed by atoms with van der Waals surface area (Å²) in [6, 6.07) is 5.76. The van der Waals surface area contributed by atoms with Crippen LogP contribution in [0.3, 0.4) is 0 Å². The summed E-state index contributed by atoms with van der Waals surface area (Å²) in [5, 5.41) is 16.6. The minimum absolute atomic E-state index is 0.0833. The number of aromatic nitrogens is 2. The lowest BCUT2D eigenvalue weighted by Gasteiger charge is -2.22. The zero-order valence-corrected chi connectivity index (χ0v) is 11.7. The van der Waals surface area contributed by atoms with E-state index in [-0.39, 0.29) is 11.8 Å². The lowest BCUT2D eigenvalue weighted by atomic mass is 9.87. The van der Waals surface area contributed by atoms with Gasteiger partial charge in [-0.05, 0) is 25.0 Å². The maximum Gasteiger partial charge on any atom is 0.244 e. The zero-order chi connectivity index (χ0) is 14.8. The Morgan fingerprint density at radius 2 is 2.38 bits per heavy atom. The molecule has 3 heterocycles. The third-order valence-electron chi connectivity index (χ3n) is 3.63. The van der Waals surface area contributed by atoms with Crippen LogP contribution in [0.4, 0.5) is 0 Å². The molecule has 1 unspecified atom stereocenters. The van der Waals surface area contributed by atoms with Gasteiger partial charge < -0.3 is 14.9 Å². The summed E-state index contributed by atoms with van der Waals surface area (Å²) >= 11 is 0. The number of aryl methyl sites for hydroxylation is 1. The Hall–Kier alpha value is -2.68. The fourth-order valence-corrected chi connectivity index (χ4v) is 2.59. The number of nitrogens with two attached hydrogens (primary N) is 1. The lowest BCUT2D eigenvalue weighted by Crippen LogP contribution is -2.21. The van der Waals surface area contributed by atoms with Crippen molar-refractivity contribution in [1.29, 1.82) is 5.26 Å². The van der Waals surface area contributed by atoms with Gasteiger partial charge >= 0.3 is 0 Å². The van der Waals surface area contributed by atoms with E-state index in [0.29, 0.717) is 17.2 Å². The van der Waals surface area contributed by atoms with Gasteiger partial charge in [0, 0.05) is 5.69 Å². The van der Waals surface area contributed by atoms with Gasteiger partial charge in [-0.2, -0.15) is 5.26 Å². The molecule has 1 aliphatic heterocycles. The average Bonchev–Trinajstić information content (AvgIpc) is 3.13. The molecule has 0 saturated heterocycles. The van der Waals surface area contributed by atoms with Crippen molar-refractivity contribution in [3.63, 3.8) is 0 Å². The fourth-order valence-electron chi connectivity index (χ4n) is 2.59. The van der Waals surface area contributed by atoms with Crippen molar-refractivity contribution in [3.05, 3.63) is 46.9 Å². The number of nitrogens with zero attached hydrogens (tertiary/aromatic N) is 2. The standard InChI is InChI=1S/C15H16N4O2/c1-2-3-5-10-13-12(11-6-4-7-20-11)9(8-16)14(17)21-15(13)19-18-10/h4,6-7,12H,2-3,5,17H2,1H3,(H,18,19). The van der Waals surface area contributed by atoms with Gasteiger partial charge in [0.1, 0.15) is 17.4 Å². The number of furan rings is 1. The summed E-state index contributed by atoms with van der Waals surface area (Å²) in [5.74, 6) is 0.816.